The van der Waals surface area contributed by atoms with Crippen molar-refractivity contribution in [1.82, 2.24) is 5.32 Å². The van der Waals surface area contributed by atoms with Gasteiger partial charge in [-0.3, -0.25) is 9.79 Å². The van der Waals surface area contributed by atoms with Gasteiger partial charge in [0.15, 0.2) is 0 Å². The number of rotatable bonds is 2. The predicted molar refractivity (Wildman–Crippen MR) is 39.2 cm³/mol. The summed E-state index contributed by atoms with van der Waals surface area (Å²) in [7, 11) is -4.66. The van der Waals surface area contributed by atoms with Gasteiger partial charge < -0.3 is 9.84 Å². The fourth-order valence-corrected chi connectivity index (χ4v) is 1.43. The van der Waals surface area contributed by atoms with Crippen LogP contribution in [0.5, 0.6) is 0 Å². The van der Waals surface area contributed by atoms with Crippen molar-refractivity contribution >= 4 is 13.8 Å². The van der Waals surface area contributed by atoms with Crippen molar-refractivity contribution in [3.8, 4) is 0 Å². The Hall–Kier alpha value is -0.420. The first-order valence-corrected chi connectivity index (χ1v) is 5.04. The van der Waals surface area contributed by atoms with Crippen LogP contribution in [0.1, 0.15) is 12.8 Å². The Morgan fingerprint density at radius 2 is 2.25 bits per heavy atom. The molecule has 1 saturated heterocycles. The van der Waals surface area contributed by atoms with Crippen LogP contribution in [-0.2, 0) is 13.9 Å². The van der Waals surface area contributed by atoms with Crippen LogP contribution in [-0.4, -0.2) is 28.3 Å². The van der Waals surface area contributed by atoms with Gasteiger partial charge in [0, 0.05) is 0 Å². The molecule has 3 N–H and O–H groups in total. The number of phosphoric acid groups is 1. The normalized spacial score (nSPS) is 24.0. The van der Waals surface area contributed by atoms with Gasteiger partial charge >= 0.3 is 13.8 Å². The Labute approximate surface area is 69.2 Å². The highest BCUT2D eigenvalue weighted by Gasteiger charge is 2.29. The molecule has 0 radical (unpaired) electrons. The topological polar surface area (TPSA) is 95.9 Å². The molecule has 1 aliphatic heterocycles. The maximum absolute atomic E-state index is 10.9. The van der Waals surface area contributed by atoms with Gasteiger partial charge in [0.05, 0.1) is 0 Å². The van der Waals surface area contributed by atoms with Crippen LogP contribution in [0.15, 0.2) is 0 Å². The molecule has 70 valence electrons. The molecule has 12 heavy (non-hydrogen) atoms. The summed E-state index contributed by atoms with van der Waals surface area (Å²) in [5.41, 5.74) is 0. The van der Waals surface area contributed by atoms with E-state index in [0.717, 1.165) is 6.42 Å². The van der Waals surface area contributed by atoms with Crippen molar-refractivity contribution < 1.29 is 23.7 Å². The smallest absolute Gasteiger partial charge is 0.369 e. The van der Waals surface area contributed by atoms with Gasteiger partial charge in [0.2, 0.25) is 0 Å². The largest absolute Gasteiger partial charge is 0.527 e. The average molecular weight is 195 g/mol. The van der Waals surface area contributed by atoms with Crippen molar-refractivity contribution in [2.24, 2.45) is 0 Å². The predicted octanol–water partition coefficient (Wildman–Crippen LogP) is -0.626. The first-order chi connectivity index (χ1) is 5.49. The first-order valence-electron chi connectivity index (χ1n) is 3.51. The van der Waals surface area contributed by atoms with Crippen LogP contribution in [0.25, 0.3) is 0 Å². The lowest BCUT2D eigenvalue weighted by Gasteiger charge is -2.09. The molecule has 0 aliphatic carbocycles. The quantitative estimate of drug-likeness (QED) is 0.508. The van der Waals surface area contributed by atoms with Crippen molar-refractivity contribution in [1.29, 1.82) is 0 Å². The van der Waals surface area contributed by atoms with E-state index in [1.807, 2.05) is 0 Å². The highest BCUT2D eigenvalue weighted by atomic mass is 31.2. The van der Waals surface area contributed by atoms with E-state index >= 15 is 0 Å². The van der Waals surface area contributed by atoms with E-state index in [1.54, 1.807) is 0 Å². The van der Waals surface area contributed by atoms with Crippen molar-refractivity contribution in [3.63, 3.8) is 0 Å². The summed E-state index contributed by atoms with van der Waals surface area (Å²) in [6.45, 7) is 0.681. The summed E-state index contributed by atoms with van der Waals surface area (Å²) in [5, 5.41) is 2.76. The molecule has 1 rings (SSSR count). The van der Waals surface area contributed by atoms with Crippen molar-refractivity contribution in [2.75, 3.05) is 6.54 Å². The van der Waals surface area contributed by atoms with Gasteiger partial charge in [-0.2, -0.15) is 0 Å². The molecule has 0 bridgehead atoms. The van der Waals surface area contributed by atoms with Gasteiger partial charge in [0.25, 0.3) is 0 Å². The van der Waals surface area contributed by atoms with Crippen molar-refractivity contribution in [2.45, 2.75) is 18.9 Å². The Morgan fingerprint density at radius 1 is 1.58 bits per heavy atom. The second-order valence-corrected chi connectivity index (χ2v) is 3.71. The van der Waals surface area contributed by atoms with E-state index in [-0.39, 0.29) is 0 Å². The van der Waals surface area contributed by atoms with Crippen LogP contribution in [0.4, 0.5) is 0 Å². The molecular weight excluding hydrogens is 185 g/mol. The van der Waals surface area contributed by atoms with Crippen LogP contribution < -0.4 is 5.32 Å². The Morgan fingerprint density at radius 3 is 2.67 bits per heavy atom. The summed E-state index contributed by atoms with van der Waals surface area (Å²) in [4.78, 5) is 27.5. The first kappa shape index (κ1) is 9.67. The number of phosphoric ester groups is 1. The minimum Gasteiger partial charge on any atom is -0.369 e. The summed E-state index contributed by atoms with van der Waals surface area (Å²) < 4.78 is 14.1. The van der Waals surface area contributed by atoms with Gasteiger partial charge in [-0.1, -0.05) is 0 Å². The lowest BCUT2D eigenvalue weighted by Crippen LogP contribution is -2.31. The van der Waals surface area contributed by atoms with E-state index in [9.17, 15) is 9.36 Å². The Bertz CT molecular complexity index is 218. The van der Waals surface area contributed by atoms with E-state index in [2.05, 4.69) is 9.84 Å². The molecule has 0 amide bonds. The third kappa shape index (κ3) is 2.91. The standard InChI is InChI=1S/C5H10NO5P/c7-5(11-12(8,9)10)4-2-1-3-6-4/h4,6H,1-3H2,(H2,8,9,10)/t4-/m0/s1. The Balaban J connectivity index is 2.43. The minimum absolute atomic E-state index is 0.558. The fourth-order valence-electron chi connectivity index (χ4n) is 1.07. The molecule has 0 unspecified atom stereocenters. The van der Waals surface area contributed by atoms with Gasteiger partial charge in [-0.05, 0) is 19.4 Å². The highest BCUT2D eigenvalue weighted by molar-refractivity contribution is 7.46. The average Bonchev–Trinajstić information content (AvgIpc) is 2.32. The third-order valence-electron chi connectivity index (χ3n) is 1.55. The van der Waals surface area contributed by atoms with Crippen LogP contribution in [0, 0.1) is 0 Å². The van der Waals surface area contributed by atoms with E-state index in [4.69, 9.17) is 9.79 Å². The second-order valence-electron chi connectivity index (χ2n) is 2.55. The minimum atomic E-state index is -4.66. The zero-order chi connectivity index (χ0) is 9.19. The van der Waals surface area contributed by atoms with Gasteiger partial charge in [-0.25, -0.2) is 9.36 Å². The highest BCUT2D eigenvalue weighted by Crippen LogP contribution is 2.36. The fraction of sp³-hybridized carbons (Fsp3) is 0.800. The van der Waals surface area contributed by atoms with Gasteiger partial charge in [0.1, 0.15) is 6.04 Å². The molecule has 0 spiro atoms. The van der Waals surface area contributed by atoms with Gasteiger partial charge in [-0.15, -0.1) is 0 Å². The van der Waals surface area contributed by atoms with E-state index < -0.39 is 19.8 Å². The molecule has 1 heterocycles. The van der Waals surface area contributed by atoms with Crippen LogP contribution in [0.2, 0.25) is 0 Å². The third-order valence-corrected chi connectivity index (χ3v) is 1.97. The molecule has 0 aromatic rings. The Kier molecular flexibility index (Phi) is 2.85. The molecule has 1 fully saturated rings. The maximum atomic E-state index is 10.9. The van der Waals surface area contributed by atoms with E-state index in [1.165, 1.54) is 0 Å². The number of hydrogen-bond acceptors (Lipinski definition) is 4. The number of carbonyl (C=O) groups is 1. The molecular formula is C5H10NO5P. The molecule has 7 heteroatoms. The lowest BCUT2D eigenvalue weighted by molar-refractivity contribution is -0.137. The zero-order valence-electron chi connectivity index (χ0n) is 6.27. The number of nitrogens with one attached hydrogen (secondary N) is 1. The van der Waals surface area contributed by atoms with E-state index in [0.29, 0.717) is 13.0 Å². The SMILES string of the molecule is O=C(OP(=O)(O)O)[C@@H]1CCCN1. The maximum Gasteiger partial charge on any atom is 0.527 e. The number of carbonyl (C=O) groups excluding carboxylic acids is 1. The second kappa shape index (κ2) is 3.53. The molecule has 0 aromatic heterocycles. The summed E-state index contributed by atoms with van der Waals surface area (Å²) in [6, 6.07) is -0.558. The van der Waals surface area contributed by atoms with Crippen LogP contribution in [0.3, 0.4) is 0 Å². The molecule has 1 atom stereocenters. The zero-order valence-corrected chi connectivity index (χ0v) is 7.16. The summed E-state index contributed by atoms with van der Waals surface area (Å²) in [6.07, 6.45) is 1.39. The summed E-state index contributed by atoms with van der Waals surface area (Å²) >= 11 is 0. The molecule has 1 aliphatic rings. The summed E-state index contributed by atoms with van der Waals surface area (Å²) in [5.74, 6) is -0.874. The number of hydrogen-bond donors (Lipinski definition) is 3. The molecule has 0 saturated carbocycles. The monoisotopic (exact) mass is 195 g/mol. The lowest BCUT2D eigenvalue weighted by atomic mass is 10.2. The molecule has 0 aromatic carbocycles. The van der Waals surface area contributed by atoms with Crippen LogP contribution >= 0.6 is 7.82 Å². The van der Waals surface area contributed by atoms with Crippen molar-refractivity contribution in [3.05, 3.63) is 0 Å². The molecule has 6 nitrogen and oxygen atoms in total.